The van der Waals surface area contributed by atoms with E-state index in [2.05, 4.69) is 48.4 Å². The maximum Gasteiger partial charge on any atom is 0.304 e. The van der Waals surface area contributed by atoms with E-state index in [1.54, 1.807) is 18.3 Å². The molecule has 8 heteroatoms. The Hall–Kier alpha value is -3.80. The Morgan fingerprint density at radius 1 is 1.00 bits per heavy atom. The van der Waals surface area contributed by atoms with Crippen LogP contribution < -0.4 is 9.47 Å². The maximum absolute atomic E-state index is 11.7. The zero-order valence-electron chi connectivity index (χ0n) is 23.8. The van der Waals surface area contributed by atoms with Crippen molar-refractivity contribution >= 4 is 37.2 Å². The molecule has 4 aromatic rings. The van der Waals surface area contributed by atoms with E-state index < -0.39 is 15.8 Å². The number of rotatable bonds is 10. The summed E-state index contributed by atoms with van der Waals surface area (Å²) in [7, 11) is -2.87. The molecule has 2 heterocycles. The van der Waals surface area contributed by atoms with Crippen molar-refractivity contribution in [1.29, 1.82) is 0 Å². The summed E-state index contributed by atoms with van der Waals surface area (Å²) in [5.74, 6) is 6.98. The van der Waals surface area contributed by atoms with Crippen LogP contribution in [0.1, 0.15) is 48.8 Å². The van der Waals surface area contributed by atoms with Crippen LogP contribution in [0.25, 0.3) is 21.2 Å². The fourth-order valence-electron chi connectivity index (χ4n) is 5.27. The third-order valence-electron chi connectivity index (χ3n) is 7.68. The van der Waals surface area contributed by atoms with Gasteiger partial charge >= 0.3 is 5.97 Å². The number of sulfone groups is 1. The summed E-state index contributed by atoms with van der Waals surface area (Å²) in [4.78, 5) is 11.2. The van der Waals surface area contributed by atoms with Crippen LogP contribution in [0.5, 0.6) is 11.5 Å². The molecule has 0 saturated carbocycles. The second-order valence-corrected chi connectivity index (χ2v) is 14.0. The van der Waals surface area contributed by atoms with Crippen LogP contribution in [-0.4, -0.2) is 37.6 Å². The molecule has 218 valence electrons. The van der Waals surface area contributed by atoms with Gasteiger partial charge in [0.25, 0.3) is 0 Å². The molecule has 1 saturated heterocycles. The van der Waals surface area contributed by atoms with E-state index in [0.717, 1.165) is 44.7 Å². The molecule has 0 unspecified atom stereocenters. The third-order valence-corrected chi connectivity index (χ3v) is 10.4. The summed E-state index contributed by atoms with van der Waals surface area (Å²) in [6.07, 6.45) is 1.30. The molecular formula is C34H34O6S2. The number of carboxylic acids is 1. The molecule has 6 nitrogen and oxygen atoms in total. The van der Waals surface area contributed by atoms with E-state index in [-0.39, 0.29) is 29.8 Å². The van der Waals surface area contributed by atoms with Gasteiger partial charge in [0, 0.05) is 15.6 Å². The van der Waals surface area contributed by atoms with Gasteiger partial charge in [-0.2, -0.15) is 0 Å². The summed E-state index contributed by atoms with van der Waals surface area (Å²) >= 11 is 1.70. The second-order valence-electron chi connectivity index (χ2n) is 10.8. The van der Waals surface area contributed by atoms with Crippen LogP contribution in [0.4, 0.5) is 0 Å². The highest BCUT2D eigenvalue weighted by atomic mass is 32.2. The van der Waals surface area contributed by atoms with Gasteiger partial charge in [0.15, 0.2) is 0 Å². The number of benzene rings is 3. The SMILES string of the molecule is CC#C[C@@H](CC(=O)O)c1ccc(COc2ccc3scc(-c4ccc(OCC5CCS(=O)(=O)CC5)cc4C)c3c2)cc1. The lowest BCUT2D eigenvalue weighted by atomic mass is 9.95. The summed E-state index contributed by atoms with van der Waals surface area (Å²) in [5, 5.41) is 12.5. The van der Waals surface area contributed by atoms with Crippen LogP contribution in [0.15, 0.2) is 66.0 Å². The molecule has 0 amide bonds. The van der Waals surface area contributed by atoms with E-state index in [4.69, 9.17) is 9.47 Å². The number of aliphatic carboxylic acids is 1. The van der Waals surface area contributed by atoms with Gasteiger partial charge in [-0.3, -0.25) is 4.79 Å². The number of aryl methyl sites for hydroxylation is 1. The number of hydrogen-bond acceptors (Lipinski definition) is 6. The first-order chi connectivity index (χ1) is 20.2. The molecule has 5 rings (SSSR count). The Morgan fingerprint density at radius 3 is 2.40 bits per heavy atom. The van der Waals surface area contributed by atoms with Gasteiger partial charge < -0.3 is 14.6 Å². The highest BCUT2D eigenvalue weighted by Crippen LogP contribution is 2.38. The summed E-state index contributed by atoms with van der Waals surface area (Å²) < 4.78 is 36.8. The quantitative estimate of drug-likeness (QED) is 0.193. The molecule has 1 aliphatic rings. The normalized spacial score (nSPS) is 15.5. The largest absolute Gasteiger partial charge is 0.493 e. The van der Waals surface area contributed by atoms with Gasteiger partial charge in [-0.25, -0.2) is 8.42 Å². The molecule has 1 fully saturated rings. The monoisotopic (exact) mass is 602 g/mol. The van der Waals surface area contributed by atoms with Crippen LogP contribution in [0.2, 0.25) is 0 Å². The van der Waals surface area contributed by atoms with Gasteiger partial charge in [-0.1, -0.05) is 36.3 Å². The Labute approximate surface area is 251 Å². The fourth-order valence-corrected chi connectivity index (χ4v) is 7.80. The minimum Gasteiger partial charge on any atom is -0.493 e. The van der Waals surface area contributed by atoms with E-state index in [0.29, 0.717) is 26.1 Å². The smallest absolute Gasteiger partial charge is 0.304 e. The van der Waals surface area contributed by atoms with Crippen molar-refractivity contribution in [1.82, 2.24) is 0 Å². The standard InChI is InChI=1S/C34H34O6S2/c1-3-4-27(18-34(35)36)26-7-5-24(6-8-26)20-40-29-10-12-33-31(19-29)32(22-41-33)30-11-9-28(17-23(30)2)39-21-25-13-15-42(37,38)16-14-25/h5-12,17,19,22,25,27H,13-16,18,20-21H2,1-2H3,(H,35,36)/t27-/m0/s1. The number of thiophene rings is 1. The molecule has 1 aliphatic heterocycles. The van der Waals surface area contributed by atoms with Crippen LogP contribution in [0.3, 0.4) is 0 Å². The topological polar surface area (TPSA) is 89.9 Å². The first-order valence-corrected chi connectivity index (χ1v) is 16.7. The molecule has 0 bridgehead atoms. The highest BCUT2D eigenvalue weighted by Gasteiger charge is 2.24. The highest BCUT2D eigenvalue weighted by molar-refractivity contribution is 7.91. The van der Waals surface area contributed by atoms with Gasteiger partial charge in [0.2, 0.25) is 0 Å². The average molecular weight is 603 g/mol. The lowest BCUT2D eigenvalue weighted by Gasteiger charge is -2.22. The van der Waals surface area contributed by atoms with Crippen molar-refractivity contribution in [2.45, 2.75) is 45.6 Å². The molecular weight excluding hydrogens is 569 g/mol. The molecule has 0 aliphatic carbocycles. The number of carboxylic acid groups (broad SMARTS) is 1. The minimum atomic E-state index is -2.87. The zero-order valence-corrected chi connectivity index (χ0v) is 25.4. The van der Waals surface area contributed by atoms with Crippen LogP contribution in [-0.2, 0) is 21.2 Å². The van der Waals surface area contributed by atoms with E-state index >= 15 is 0 Å². The average Bonchev–Trinajstić information content (AvgIpc) is 3.38. The Balaban J connectivity index is 1.25. The zero-order chi connectivity index (χ0) is 29.7. The van der Waals surface area contributed by atoms with Gasteiger partial charge in [0.1, 0.15) is 27.9 Å². The minimum absolute atomic E-state index is 0.0242. The molecule has 1 atom stereocenters. The molecule has 0 radical (unpaired) electrons. The van der Waals surface area contributed by atoms with Gasteiger partial charge in [-0.15, -0.1) is 17.3 Å². The Kier molecular flexibility index (Phi) is 9.20. The van der Waals surface area contributed by atoms with Crippen molar-refractivity contribution in [3.05, 3.63) is 82.7 Å². The lowest BCUT2D eigenvalue weighted by Crippen LogP contribution is -2.26. The van der Waals surface area contributed by atoms with E-state index in [1.165, 1.54) is 4.70 Å². The Morgan fingerprint density at radius 2 is 1.71 bits per heavy atom. The molecule has 0 spiro atoms. The van der Waals surface area contributed by atoms with Crippen molar-refractivity contribution < 1.29 is 27.8 Å². The Bertz CT molecular complexity index is 1730. The molecule has 1 aromatic heterocycles. The van der Waals surface area contributed by atoms with Gasteiger partial charge in [0.05, 0.1) is 30.5 Å². The summed E-state index contributed by atoms with van der Waals surface area (Å²) in [6.45, 7) is 4.73. The van der Waals surface area contributed by atoms with Crippen LogP contribution in [0, 0.1) is 24.7 Å². The molecule has 42 heavy (non-hydrogen) atoms. The van der Waals surface area contributed by atoms with E-state index in [1.807, 2.05) is 36.4 Å². The van der Waals surface area contributed by atoms with Crippen molar-refractivity contribution in [3.63, 3.8) is 0 Å². The van der Waals surface area contributed by atoms with Crippen LogP contribution >= 0.6 is 11.3 Å². The van der Waals surface area contributed by atoms with Crippen molar-refractivity contribution in [2.24, 2.45) is 5.92 Å². The predicted octanol–water partition coefficient (Wildman–Crippen LogP) is 7.24. The fraction of sp³-hybridized carbons (Fsp3) is 0.324. The molecule has 1 N–H and O–H groups in total. The maximum atomic E-state index is 11.7. The number of carbonyl (C=O) groups is 1. The molecule has 3 aromatic carbocycles. The number of hydrogen-bond donors (Lipinski definition) is 1. The predicted molar refractivity (Wildman–Crippen MR) is 168 cm³/mol. The van der Waals surface area contributed by atoms with E-state index in [9.17, 15) is 18.3 Å². The van der Waals surface area contributed by atoms with Gasteiger partial charge in [-0.05, 0) is 90.6 Å². The first kappa shape index (κ1) is 29.7. The summed E-state index contributed by atoms with van der Waals surface area (Å²) in [6, 6.07) is 20.0. The van der Waals surface area contributed by atoms with Crippen molar-refractivity contribution in [2.75, 3.05) is 18.1 Å². The number of fused-ring (bicyclic) bond motifs is 1. The first-order valence-electron chi connectivity index (χ1n) is 14.0. The van der Waals surface area contributed by atoms with Crippen molar-refractivity contribution in [3.8, 4) is 34.5 Å². The number of ether oxygens (including phenoxy) is 2. The lowest BCUT2D eigenvalue weighted by molar-refractivity contribution is -0.137. The third kappa shape index (κ3) is 7.33. The second kappa shape index (κ2) is 13.0. The summed E-state index contributed by atoms with van der Waals surface area (Å²) in [5.41, 5.74) is 5.27.